The predicted molar refractivity (Wildman–Crippen MR) is 101 cm³/mol. The average molecular weight is 365 g/mol. The SMILES string of the molecule is CCCCN1CCN2CCCN(C)CCN(CC2)C(Cl)(Cl)CC1. The van der Waals surface area contributed by atoms with E-state index in [2.05, 4.69) is 33.6 Å². The molecule has 2 rings (SSSR count). The molecule has 4 nitrogen and oxygen atoms in total. The molecule has 0 saturated carbocycles. The van der Waals surface area contributed by atoms with Gasteiger partial charge in [-0.2, -0.15) is 0 Å². The number of hydrogen-bond donors (Lipinski definition) is 0. The molecule has 23 heavy (non-hydrogen) atoms. The first-order chi connectivity index (χ1) is 11.0. The summed E-state index contributed by atoms with van der Waals surface area (Å²) >= 11 is 13.5. The van der Waals surface area contributed by atoms with E-state index < -0.39 is 4.46 Å². The highest BCUT2D eigenvalue weighted by Gasteiger charge is 2.33. The Kier molecular flexibility index (Phi) is 8.40. The van der Waals surface area contributed by atoms with Crippen molar-refractivity contribution in [2.24, 2.45) is 0 Å². The second kappa shape index (κ2) is 9.79. The monoisotopic (exact) mass is 364 g/mol. The maximum Gasteiger partial charge on any atom is 0.172 e. The lowest BCUT2D eigenvalue weighted by atomic mass is 10.2. The Hall–Kier alpha value is 0.420. The highest BCUT2D eigenvalue weighted by Crippen LogP contribution is 2.31. The number of fused-ring (bicyclic) bond motifs is 3. The van der Waals surface area contributed by atoms with Crippen molar-refractivity contribution in [3.63, 3.8) is 0 Å². The van der Waals surface area contributed by atoms with E-state index in [4.69, 9.17) is 23.2 Å². The third-order valence-electron chi connectivity index (χ3n) is 5.20. The lowest BCUT2D eigenvalue weighted by Crippen LogP contribution is -2.52. The van der Waals surface area contributed by atoms with Crippen LogP contribution in [0, 0.1) is 0 Å². The molecule has 136 valence electrons. The lowest BCUT2D eigenvalue weighted by Gasteiger charge is -2.40. The molecule has 2 bridgehead atoms. The molecule has 2 unspecified atom stereocenters. The fourth-order valence-corrected chi connectivity index (χ4v) is 3.96. The molecule has 2 heterocycles. The molecule has 6 heteroatoms. The van der Waals surface area contributed by atoms with Crippen LogP contribution in [0.15, 0.2) is 0 Å². The molecule has 0 aliphatic carbocycles. The van der Waals surface area contributed by atoms with Crippen molar-refractivity contribution < 1.29 is 0 Å². The van der Waals surface area contributed by atoms with Crippen LogP contribution in [-0.4, -0.2) is 96.6 Å². The minimum atomic E-state index is -0.743. The van der Waals surface area contributed by atoms with Gasteiger partial charge in [0.1, 0.15) is 0 Å². The van der Waals surface area contributed by atoms with Gasteiger partial charge in [-0.3, -0.25) is 4.90 Å². The van der Waals surface area contributed by atoms with Gasteiger partial charge in [0.05, 0.1) is 0 Å². The van der Waals surface area contributed by atoms with Crippen LogP contribution in [-0.2, 0) is 0 Å². The van der Waals surface area contributed by atoms with Crippen molar-refractivity contribution in [2.45, 2.75) is 37.1 Å². The first kappa shape index (κ1) is 19.7. The molecule has 0 spiro atoms. The largest absolute Gasteiger partial charge is 0.305 e. The quantitative estimate of drug-likeness (QED) is 0.563. The average Bonchev–Trinajstić information content (AvgIpc) is 2.52. The molecular formula is C17H34Cl2N4. The molecule has 2 aliphatic rings. The van der Waals surface area contributed by atoms with Crippen molar-refractivity contribution in [3.8, 4) is 0 Å². The zero-order valence-corrected chi connectivity index (χ0v) is 16.5. The van der Waals surface area contributed by atoms with E-state index in [0.717, 1.165) is 58.8 Å². The van der Waals surface area contributed by atoms with Crippen LogP contribution in [0.3, 0.4) is 0 Å². The Morgan fingerprint density at radius 2 is 1.61 bits per heavy atom. The molecule has 2 saturated heterocycles. The minimum absolute atomic E-state index is 0.743. The van der Waals surface area contributed by atoms with Gasteiger partial charge in [-0.05, 0) is 39.5 Å². The molecule has 0 N–H and O–H groups in total. The number of nitrogens with zero attached hydrogens (tertiary/aromatic N) is 4. The van der Waals surface area contributed by atoms with E-state index in [1.165, 1.54) is 32.4 Å². The smallest absolute Gasteiger partial charge is 0.172 e. The van der Waals surface area contributed by atoms with Crippen molar-refractivity contribution in [1.29, 1.82) is 0 Å². The summed E-state index contributed by atoms with van der Waals surface area (Å²) in [4.78, 5) is 9.84. The Morgan fingerprint density at radius 1 is 0.870 bits per heavy atom. The molecule has 0 aromatic heterocycles. The van der Waals surface area contributed by atoms with Gasteiger partial charge in [0.15, 0.2) is 4.46 Å². The topological polar surface area (TPSA) is 13.0 Å². The van der Waals surface area contributed by atoms with Gasteiger partial charge in [-0.25, -0.2) is 0 Å². The summed E-state index contributed by atoms with van der Waals surface area (Å²) in [6.45, 7) is 13.1. The van der Waals surface area contributed by atoms with Crippen molar-refractivity contribution in [2.75, 3.05) is 72.5 Å². The van der Waals surface area contributed by atoms with Gasteiger partial charge < -0.3 is 14.7 Å². The molecular weight excluding hydrogens is 331 g/mol. The number of halogens is 2. The molecule has 0 radical (unpaired) electrons. The fourth-order valence-electron chi connectivity index (χ4n) is 3.45. The van der Waals surface area contributed by atoms with Crippen molar-refractivity contribution in [1.82, 2.24) is 19.6 Å². The Morgan fingerprint density at radius 3 is 2.39 bits per heavy atom. The predicted octanol–water partition coefficient (Wildman–Crippen LogP) is 2.56. The highest BCUT2D eigenvalue weighted by molar-refractivity contribution is 6.48. The summed E-state index contributed by atoms with van der Waals surface area (Å²) in [6.07, 6.45) is 4.57. The second-order valence-corrected chi connectivity index (χ2v) is 8.54. The normalized spacial score (nSPS) is 31.8. The number of likely N-dealkylation sites (N-methyl/N-ethyl adjacent to an activating group) is 1. The Labute approximate surface area is 152 Å². The summed E-state index contributed by atoms with van der Waals surface area (Å²) < 4.78 is -0.743. The molecule has 2 atom stereocenters. The molecule has 0 aromatic carbocycles. The summed E-state index contributed by atoms with van der Waals surface area (Å²) in [6, 6.07) is 0. The maximum absolute atomic E-state index is 6.76. The van der Waals surface area contributed by atoms with Crippen LogP contribution in [0.25, 0.3) is 0 Å². The van der Waals surface area contributed by atoms with Crippen molar-refractivity contribution in [3.05, 3.63) is 0 Å². The lowest BCUT2D eigenvalue weighted by molar-refractivity contribution is 0.105. The highest BCUT2D eigenvalue weighted by atomic mass is 35.5. The third-order valence-corrected chi connectivity index (χ3v) is 6.06. The Balaban J connectivity index is 2.07. The summed E-state index contributed by atoms with van der Waals surface area (Å²) in [7, 11) is 2.20. The second-order valence-electron chi connectivity index (χ2n) is 7.10. The standard InChI is InChI=1S/C17H34Cl2N4/c1-3-4-8-21-10-6-17(18,19)23-15-11-20(2)7-5-9-22(13-12-21)14-16-23/h3-16H2,1-2H3. The zero-order chi connectivity index (χ0) is 16.7. The van der Waals surface area contributed by atoms with Crippen LogP contribution in [0.5, 0.6) is 0 Å². The van der Waals surface area contributed by atoms with Crippen molar-refractivity contribution >= 4 is 23.2 Å². The summed E-state index contributed by atoms with van der Waals surface area (Å²) in [5, 5.41) is 0. The van der Waals surface area contributed by atoms with Crippen LogP contribution < -0.4 is 0 Å². The third kappa shape index (κ3) is 6.68. The number of rotatable bonds is 3. The van der Waals surface area contributed by atoms with E-state index in [0.29, 0.717) is 0 Å². The van der Waals surface area contributed by atoms with E-state index in [1.54, 1.807) is 0 Å². The minimum Gasteiger partial charge on any atom is -0.305 e. The number of unbranched alkanes of at least 4 members (excludes halogenated alkanes) is 1. The molecule has 0 amide bonds. The van der Waals surface area contributed by atoms with Crippen LogP contribution in [0.1, 0.15) is 32.6 Å². The van der Waals surface area contributed by atoms with Gasteiger partial charge in [0, 0.05) is 52.2 Å². The molecule has 0 aromatic rings. The van der Waals surface area contributed by atoms with E-state index in [9.17, 15) is 0 Å². The van der Waals surface area contributed by atoms with Crippen LogP contribution in [0.2, 0.25) is 0 Å². The molecule has 2 aliphatic heterocycles. The van der Waals surface area contributed by atoms with E-state index in [-0.39, 0.29) is 0 Å². The summed E-state index contributed by atoms with van der Waals surface area (Å²) in [5.74, 6) is 0. The van der Waals surface area contributed by atoms with Gasteiger partial charge in [-0.15, -0.1) is 0 Å². The maximum atomic E-state index is 6.76. The summed E-state index contributed by atoms with van der Waals surface area (Å²) in [5.41, 5.74) is 0. The fraction of sp³-hybridized carbons (Fsp3) is 1.00. The van der Waals surface area contributed by atoms with Gasteiger partial charge >= 0.3 is 0 Å². The van der Waals surface area contributed by atoms with Gasteiger partial charge in [0.2, 0.25) is 0 Å². The zero-order valence-electron chi connectivity index (χ0n) is 14.9. The van der Waals surface area contributed by atoms with Gasteiger partial charge in [-0.1, -0.05) is 36.5 Å². The van der Waals surface area contributed by atoms with Crippen LogP contribution >= 0.6 is 23.2 Å². The molecule has 2 fully saturated rings. The van der Waals surface area contributed by atoms with Gasteiger partial charge in [0.25, 0.3) is 0 Å². The number of hydrogen-bond acceptors (Lipinski definition) is 4. The Bertz CT molecular complexity index is 341. The van der Waals surface area contributed by atoms with Crippen LogP contribution in [0.4, 0.5) is 0 Å². The van der Waals surface area contributed by atoms with E-state index >= 15 is 0 Å². The first-order valence-corrected chi connectivity index (χ1v) is 10.0. The van der Waals surface area contributed by atoms with E-state index in [1.807, 2.05) is 0 Å². The number of alkyl halides is 2. The first-order valence-electron chi connectivity index (χ1n) is 9.27.